The molecule has 0 N–H and O–H groups in total. The smallest absolute Gasteiger partial charge is 0.280 e. The lowest BCUT2D eigenvalue weighted by atomic mass is 9.98. The van der Waals surface area contributed by atoms with Crippen LogP contribution in [0, 0.1) is 6.92 Å². The van der Waals surface area contributed by atoms with Crippen molar-refractivity contribution in [3.8, 4) is 5.75 Å². The highest BCUT2D eigenvalue weighted by Gasteiger charge is 2.52. The molecular formula is C24H29N3O3. The highest BCUT2D eigenvalue weighted by molar-refractivity contribution is 6.16. The summed E-state index contributed by atoms with van der Waals surface area (Å²) in [5, 5.41) is 0. The zero-order chi connectivity index (χ0) is 21.3. The van der Waals surface area contributed by atoms with E-state index in [1.807, 2.05) is 31.2 Å². The summed E-state index contributed by atoms with van der Waals surface area (Å²) in [4.78, 5) is 32.4. The van der Waals surface area contributed by atoms with Crippen molar-refractivity contribution in [2.75, 3.05) is 37.6 Å². The topological polar surface area (TPSA) is 53.1 Å². The summed E-state index contributed by atoms with van der Waals surface area (Å²) >= 11 is 0. The van der Waals surface area contributed by atoms with Crippen LogP contribution in [0.25, 0.3) is 0 Å². The quantitative estimate of drug-likeness (QED) is 0.732. The number of nitrogens with zero attached hydrogens (tertiary/aromatic N) is 3. The lowest BCUT2D eigenvalue weighted by Gasteiger charge is -2.43. The largest absolute Gasteiger partial charge is 0.465 e. The van der Waals surface area contributed by atoms with Gasteiger partial charge < -0.3 is 14.5 Å². The molecule has 0 aromatic heterocycles. The number of piperazine rings is 1. The van der Waals surface area contributed by atoms with Crippen molar-refractivity contribution in [3.63, 3.8) is 0 Å². The van der Waals surface area contributed by atoms with Crippen LogP contribution in [0.3, 0.4) is 0 Å². The predicted octanol–water partition coefficient (Wildman–Crippen LogP) is 2.84. The van der Waals surface area contributed by atoms with Crippen molar-refractivity contribution in [2.24, 2.45) is 0 Å². The highest BCUT2D eigenvalue weighted by atomic mass is 16.5. The molecule has 0 spiro atoms. The normalized spacial score (nSPS) is 21.9. The van der Waals surface area contributed by atoms with E-state index in [1.165, 1.54) is 11.1 Å². The van der Waals surface area contributed by atoms with Crippen LogP contribution in [-0.2, 0) is 16.1 Å². The van der Waals surface area contributed by atoms with Gasteiger partial charge in [-0.15, -0.1) is 0 Å². The van der Waals surface area contributed by atoms with E-state index in [0.29, 0.717) is 25.4 Å². The monoisotopic (exact) mass is 407 g/mol. The van der Waals surface area contributed by atoms with E-state index in [2.05, 4.69) is 36.1 Å². The van der Waals surface area contributed by atoms with Gasteiger partial charge in [-0.3, -0.25) is 14.5 Å². The van der Waals surface area contributed by atoms with Gasteiger partial charge in [0.05, 0.1) is 5.69 Å². The number of para-hydroxylation sites is 2. The first-order valence-electron chi connectivity index (χ1n) is 10.6. The number of carbonyl (C=O) groups is 2. The number of ether oxygens (including phenoxy) is 1. The Morgan fingerprint density at radius 2 is 1.70 bits per heavy atom. The van der Waals surface area contributed by atoms with Crippen LogP contribution in [0.5, 0.6) is 5.75 Å². The molecule has 30 heavy (non-hydrogen) atoms. The van der Waals surface area contributed by atoms with Crippen LogP contribution in [0.2, 0.25) is 0 Å². The molecule has 6 heteroatoms. The minimum Gasteiger partial charge on any atom is -0.465 e. The van der Waals surface area contributed by atoms with E-state index in [4.69, 9.17) is 4.74 Å². The van der Waals surface area contributed by atoms with Crippen LogP contribution >= 0.6 is 0 Å². The first kappa shape index (κ1) is 20.4. The van der Waals surface area contributed by atoms with Crippen molar-refractivity contribution >= 4 is 17.5 Å². The Kier molecular flexibility index (Phi) is 5.52. The maximum absolute atomic E-state index is 13.4. The Balaban J connectivity index is 1.46. The number of hydrogen-bond acceptors (Lipinski definition) is 4. The zero-order valence-electron chi connectivity index (χ0n) is 17.9. The predicted molar refractivity (Wildman–Crippen MR) is 117 cm³/mol. The second-order valence-electron chi connectivity index (χ2n) is 8.15. The van der Waals surface area contributed by atoms with Crippen molar-refractivity contribution in [1.82, 2.24) is 9.80 Å². The summed E-state index contributed by atoms with van der Waals surface area (Å²) in [6.07, 6.45) is 0. The Morgan fingerprint density at radius 3 is 2.40 bits per heavy atom. The average molecular weight is 408 g/mol. The van der Waals surface area contributed by atoms with Crippen molar-refractivity contribution in [3.05, 3.63) is 59.7 Å². The van der Waals surface area contributed by atoms with Crippen LogP contribution in [0.15, 0.2) is 48.5 Å². The molecule has 2 heterocycles. The molecule has 0 saturated carbocycles. The van der Waals surface area contributed by atoms with Gasteiger partial charge in [-0.05, 0) is 44.0 Å². The lowest BCUT2D eigenvalue weighted by molar-refractivity contribution is -0.157. The Bertz CT molecular complexity index is 952. The number of likely N-dealkylation sites (N-methyl/N-ethyl adjacent to an activating group) is 1. The number of hydrogen-bond donors (Lipinski definition) is 0. The molecule has 6 nitrogen and oxygen atoms in total. The van der Waals surface area contributed by atoms with Gasteiger partial charge in [0.1, 0.15) is 5.75 Å². The number of rotatable bonds is 4. The van der Waals surface area contributed by atoms with E-state index in [1.54, 1.807) is 16.7 Å². The SMILES string of the molecule is CCN1C(=O)C(C)(C(=O)N2CCN(Cc3ccccc3C)CC2)Oc2ccccc21. The van der Waals surface area contributed by atoms with Gasteiger partial charge in [-0.1, -0.05) is 36.4 Å². The van der Waals surface area contributed by atoms with Gasteiger partial charge in [0, 0.05) is 39.3 Å². The van der Waals surface area contributed by atoms with Crippen LogP contribution < -0.4 is 9.64 Å². The molecule has 1 saturated heterocycles. The molecule has 2 aromatic carbocycles. The first-order valence-corrected chi connectivity index (χ1v) is 10.6. The summed E-state index contributed by atoms with van der Waals surface area (Å²) in [5.41, 5.74) is 1.79. The molecular weight excluding hydrogens is 378 g/mol. The van der Waals surface area contributed by atoms with Gasteiger partial charge in [0.2, 0.25) is 0 Å². The summed E-state index contributed by atoms with van der Waals surface area (Å²) in [7, 11) is 0. The van der Waals surface area contributed by atoms with Crippen LogP contribution in [-0.4, -0.2) is 59.9 Å². The Labute approximate surface area is 178 Å². The van der Waals surface area contributed by atoms with Crippen molar-refractivity contribution < 1.29 is 14.3 Å². The van der Waals surface area contributed by atoms with Crippen LogP contribution in [0.1, 0.15) is 25.0 Å². The third-order valence-electron chi connectivity index (χ3n) is 6.16. The van der Waals surface area contributed by atoms with E-state index < -0.39 is 5.60 Å². The maximum atomic E-state index is 13.4. The van der Waals surface area contributed by atoms with Crippen molar-refractivity contribution in [2.45, 2.75) is 32.9 Å². The summed E-state index contributed by atoms with van der Waals surface area (Å²) in [5.74, 6) is 0.0278. The molecule has 2 aliphatic heterocycles. The fourth-order valence-electron chi connectivity index (χ4n) is 4.29. The van der Waals surface area contributed by atoms with E-state index >= 15 is 0 Å². The third-order valence-corrected chi connectivity index (χ3v) is 6.16. The molecule has 1 unspecified atom stereocenters. The second-order valence-corrected chi connectivity index (χ2v) is 8.15. The van der Waals surface area contributed by atoms with Crippen LogP contribution in [0.4, 0.5) is 5.69 Å². The zero-order valence-corrected chi connectivity index (χ0v) is 17.9. The van der Waals surface area contributed by atoms with Gasteiger partial charge in [0.25, 0.3) is 17.4 Å². The molecule has 0 bridgehead atoms. The van der Waals surface area contributed by atoms with E-state index in [-0.39, 0.29) is 11.8 Å². The van der Waals surface area contributed by atoms with E-state index in [9.17, 15) is 9.59 Å². The molecule has 2 aliphatic rings. The minimum atomic E-state index is -1.53. The molecule has 0 radical (unpaired) electrons. The Morgan fingerprint density at radius 1 is 1.03 bits per heavy atom. The summed E-state index contributed by atoms with van der Waals surface area (Å²) in [6, 6.07) is 15.8. The second kappa shape index (κ2) is 8.11. The number of aryl methyl sites for hydroxylation is 1. The maximum Gasteiger partial charge on any atom is 0.280 e. The number of fused-ring (bicyclic) bond motifs is 1. The first-order chi connectivity index (χ1) is 14.4. The lowest BCUT2D eigenvalue weighted by Crippen LogP contribution is -2.64. The standard InChI is InChI=1S/C24H29N3O3/c1-4-27-20-11-7-8-12-21(20)30-24(3,23(27)29)22(28)26-15-13-25(14-16-26)17-19-10-6-5-9-18(19)2/h5-12H,4,13-17H2,1-3H3. The molecule has 4 rings (SSSR count). The van der Waals surface area contributed by atoms with E-state index in [0.717, 1.165) is 25.3 Å². The number of carbonyl (C=O) groups excluding carboxylic acids is 2. The highest BCUT2D eigenvalue weighted by Crippen LogP contribution is 2.38. The van der Waals surface area contributed by atoms with Gasteiger partial charge in [-0.25, -0.2) is 0 Å². The molecule has 1 fully saturated rings. The number of benzene rings is 2. The third kappa shape index (κ3) is 3.56. The molecule has 2 aromatic rings. The summed E-state index contributed by atoms with van der Waals surface area (Å²) < 4.78 is 6.02. The average Bonchev–Trinajstić information content (AvgIpc) is 2.76. The molecule has 1 atom stereocenters. The Hall–Kier alpha value is -2.86. The number of anilines is 1. The molecule has 2 amide bonds. The summed E-state index contributed by atoms with van der Waals surface area (Å²) in [6.45, 7) is 9.74. The van der Waals surface area contributed by atoms with Gasteiger partial charge in [0.15, 0.2) is 0 Å². The molecule has 0 aliphatic carbocycles. The van der Waals surface area contributed by atoms with Crippen molar-refractivity contribution in [1.29, 1.82) is 0 Å². The van der Waals surface area contributed by atoms with Gasteiger partial charge >= 0.3 is 0 Å². The fraction of sp³-hybridized carbons (Fsp3) is 0.417. The molecule has 158 valence electrons. The number of amides is 2. The minimum absolute atomic E-state index is 0.254. The van der Waals surface area contributed by atoms with Gasteiger partial charge in [-0.2, -0.15) is 0 Å². The fourth-order valence-corrected chi connectivity index (χ4v) is 4.29.